The molecule has 0 radical (unpaired) electrons. The van der Waals surface area contributed by atoms with Gasteiger partial charge in [-0.05, 0) is 19.0 Å². The molecule has 1 aromatic rings. The summed E-state index contributed by atoms with van der Waals surface area (Å²) in [5, 5.41) is 23.4. The predicted octanol–water partition coefficient (Wildman–Crippen LogP) is -0.104. The molecule has 20 heavy (non-hydrogen) atoms. The van der Waals surface area contributed by atoms with E-state index in [1.807, 2.05) is 0 Å². The molecule has 2 atom stereocenters. The summed E-state index contributed by atoms with van der Waals surface area (Å²) < 4.78 is 25.9. The molecular formula is C11H15N3O5S. The van der Waals surface area contributed by atoms with Crippen molar-refractivity contribution in [1.82, 2.24) is 9.62 Å². The van der Waals surface area contributed by atoms with Gasteiger partial charge in [0.25, 0.3) is 5.69 Å². The molecule has 0 spiro atoms. The monoisotopic (exact) mass is 301 g/mol. The van der Waals surface area contributed by atoms with Crippen LogP contribution < -0.4 is 5.32 Å². The quantitative estimate of drug-likeness (QED) is 0.593. The lowest BCUT2D eigenvalue weighted by Gasteiger charge is -2.25. The second-order valence-corrected chi connectivity index (χ2v) is 6.47. The molecule has 1 heterocycles. The fourth-order valence-corrected chi connectivity index (χ4v) is 3.76. The first-order chi connectivity index (χ1) is 9.35. The molecule has 1 aliphatic heterocycles. The van der Waals surface area contributed by atoms with Crippen LogP contribution >= 0.6 is 0 Å². The van der Waals surface area contributed by atoms with Gasteiger partial charge in [-0.15, -0.1) is 0 Å². The first kappa shape index (κ1) is 14.9. The number of nitrogens with zero attached hydrogens (tertiary/aromatic N) is 2. The zero-order chi connectivity index (χ0) is 14.9. The second-order valence-electron chi connectivity index (χ2n) is 4.50. The molecule has 9 heteroatoms. The number of hydrogen-bond donors (Lipinski definition) is 2. The molecule has 2 N–H and O–H groups in total. The van der Waals surface area contributed by atoms with Gasteiger partial charge in [0.15, 0.2) is 4.90 Å². The average Bonchev–Trinajstić information content (AvgIpc) is 2.83. The number of rotatable bonds is 4. The Morgan fingerprint density at radius 1 is 1.45 bits per heavy atom. The van der Waals surface area contributed by atoms with Crippen molar-refractivity contribution >= 4 is 15.7 Å². The molecule has 110 valence electrons. The Balaban J connectivity index is 2.43. The Labute approximate surface area is 116 Å². The highest BCUT2D eigenvalue weighted by molar-refractivity contribution is 7.89. The number of nitro benzene ring substituents is 1. The average molecular weight is 301 g/mol. The van der Waals surface area contributed by atoms with E-state index in [0.29, 0.717) is 13.0 Å². The van der Waals surface area contributed by atoms with Crippen molar-refractivity contribution in [3.63, 3.8) is 0 Å². The minimum absolute atomic E-state index is 0.369. The van der Waals surface area contributed by atoms with Crippen molar-refractivity contribution in [3.05, 3.63) is 34.4 Å². The van der Waals surface area contributed by atoms with E-state index in [4.69, 9.17) is 0 Å². The van der Waals surface area contributed by atoms with E-state index in [9.17, 15) is 23.6 Å². The van der Waals surface area contributed by atoms with Gasteiger partial charge < -0.3 is 5.11 Å². The van der Waals surface area contributed by atoms with Gasteiger partial charge in [-0.25, -0.2) is 8.42 Å². The van der Waals surface area contributed by atoms with Crippen molar-refractivity contribution in [2.45, 2.75) is 23.6 Å². The third-order valence-electron chi connectivity index (χ3n) is 3.34. The molecule has 0 bridgehead atoms. The van der Waals surface area contributed by atoms with Gasteiger partial charge in [0, 0.05) is 13.1 Å². The molecule has 0 saturated carbocycles. The highest BCUT2D eigenvalue weighted by atomic mass is 32.2. The zero-order valence-electron chi connectivity index (χ0n) is 10.8. The summed E-state index contributed by atoms with van der Waals surface area (Å²) in [4.78, 5) is 9.84. The van der Waals surface area contributed by atoms with Crippen LogP contribution in [0.5, 0.6) is 0 Å². The van der Waals surface area contributed by atoms with E-state index in [-0.39, 0.29) is 4.90 Å². The summed E-state index contributed by atoms with van der Waals surface area (Å²) in [7, 11) is -2.73. The van der Waals surface area contributed by atoms with Crippen LogP contribution in [0.1, 0.15) is 6.42 Å². The van der Waals surface area contributed by atoms with Crippen LogP contribution in [-0.2, 0) is 10.0 Å². The van der Waals surface area contributed by atoms with Crippen LogP contribution in [0.15, 0.2) is 29.2 Å². The van der Waals surface area contributed by atoms with Crippen molar-refractivity contribution in [1.29, 1.82) is 0 Å². The molecule has 2 rings (SSSR count). The third kappa shape index (κ3) is 2.52. The van der Waals surface area contributed by atoms with Gasteiger partial charge in [0.2, 0.25) is 10.0 Å². The number of hydrogen-bond acceptors (Lipinski definition) is 6. The first-order valence-corrected chi connectivity index (χ1v) is 7.42. The molecule has 0 aliphatic carbocycles. The van der Waals surface area contributed by atoms with Gasteiger partial charge >= 0.3 is 0 Å². The Bertz CT molecular complexity index is 618. The van der Waals surface area contributed by atoms with Crippen molar-refractivity contribution in [3.8, 4) is 0 Å². The predicted molar refractivity (Wildman–Crippen MR) is 70.5 cm³/mol. The minimum atomic E-state index is -4.04. The fraction of sp³-hybridized carbons (Fsp3) is 0.455. The van der Waals surface area contributed by atoms with Gasteiger partial charge in [-0.1, -0.05) is 12.1 Å². The van der Waals surface area contributed by atoms with Crippen LogP contribution in [0.4, 0.5) is 5.69 Å². The van der Waals surface area contributed by atoms with E-state index in [2.05, 4.69) is 5.32 Å². The first-order valence-electron chi connectivity index (χ1n) is 5.98. The summed E-state index contributed by atoms with van der Waals surface area (Å²) in [6.07, 6.45) is -0.533. The Kier molecular flexibility index (Phi) is 4.04. The van der Waals surface area contributed by atoms with Crippen molar-refractivity contribution in [2.24, 2.45) is 0 Å². The van der Waals surface area contributed by atoms with Crippen LogP contribution in [0, 0.1) is 10.1 Å². The molecule has 1 saturated heterocycles. The molecule has 0 amide bonds. The zero-order valence-corrected chi connectivity index (χ0v) is 11.6. The molecule has 1 fully saturated rings. The Hall–Kier alpha value is -1.55. The molecule has 1 unspecified atom stereocenters. The smallest absolute Gasteiger partial charge is 0.289 e. The van der Waals surface area contributed by atoms with E-state index >= 15 is 0 Å². The molecule has 1 aromatic carbocycles. The summed E-state index contributed by atoms with van der Waals surface area (Å²) in [5.41, 5.74) is -0.472. The summed E-state index contributed by atoms with van der Waals surface area (Å²) in [6, 6.07) is 4.53. The summed E-state index contributed by atoms with van der Waals surface area (Å²) in [5.74, 6) is 0. The number of likely N-dealkylation sites (N-methyl/N-ethyl adjacent to an activating group) is 1. The summed E-state index contributed by atoms with van der Waals surface area (Å²) >= 11 is 0. The number of aliphatic hydroxyl groups is 1. The van der Waals surface area contributed by atoms with Gasteiger partial charge in [-0.3, -0.25) is 15.4 Å². The molecule has 0 aromatic heterocycles. The van der Waals surface area contributed by atoms with Gasteiger partial charge in [-0.2, -0.15) is 4.31 Å². The largest absolute Gasteiger partial charge is 0.377 e. The maximum atomic E-state index is 12.5. The highest BCUT2D eigenvalue weighted by Gasteiger charge is 2.38. The lowest BCUT2D eigenvalue weighted by atomic mass is 10.2. The van der Waals surface area contributed by atoms with Crippen LogP contribution in [0.3, 0.4) is 0 Å². The second kappa shape index (κ2) is 5.44. The Morgan fingerprint density at radius 2 is 2.10 bits per heavy atom. The number of aliphatic hydroxyl groups excluding tert-OH is 1. The van der Waals surface area contributed by atoms with Crippen molar-refractivity contribution in [2.75, 3.05) is 13.6 Å². The van der Waals surface area contributed by atoms with E-state index in [1.165, 1.54) is 25.2 Å². The van der Waals surface area contributed by atoms with E-state index in [0.717, 1.165) is 10.4 Å². The normalized spacial score (nSPS) is 23.1. The number of sulfonamides is 1. The fourth-order valence-electron chi connectivity index (χ4n) is 2.21. The lowest BCUT2D eigenvalue weighted by Crippen LogP contribution is -2.44. The maximum absolute atomic E-state index is 12.5. The van der Waals surface area contributed by atoms with Crippen LogP contribution in [0.2, 0.25) is 0 Å². The SMILES string of the molecule is CN([C@H]1CCNC1O)S(=O)(=O)c1ccccc1[N+](=O)[O-]. The van der Waals surface area contributed by atoms with E-state index < -0.39 is 32.9 Å². The van der Waals surface area contributed by atoms with Gasteiger partial charge in [0.1, 0.15) is 6.23 Å². The number of benzene rings is 1. The molecule has 1 aliphatic rings. The molecule has 8 nitrogen and oxygen atoms in total. The van der Waals surface area contributed by atoms with Crippen LogP contribution in [-0.4, -0.2) is 48.6 Å². The highest BCUT2D eigenvalue weighted by Crippen LogP contribution is 2.28. The van der Waals surface area contributed by atoms with Crippen LogP contribution in [0.25, 0.3) is 0 Å². The Morgan fingerprint density at radius 3 is 2.65 bits per heavy atom. The number of para-hydroxylation sites is 1. The maximum Gasteiger partial charge on any atom is 0.289 e. The minimum Gasteiger partial charge on any atom is -0.377 e. The van der Waals surface area contributed by atoms with E-state index in [1.54, 1.807) is 0 Å². The van der Waals surface area contributed by atoms with Gasteiger partial charge in [0.05, 0.1) is 11.0 Å². The van der Waals surface area contributed by atoms with Crippen molar-refractivity contribution < 1.29 is 18.4 Å². The lowest BCUT2D eigenvalue weighted by molar-refractivity contribution is -0.387. The number of nitrogens with one attached hydrogen (secondary N) is 1. The number of nitro groups is 1. The standard InChI is InChI=1S/C11H15N3O5S/c1-13(9-6-7-12-11(9)15)20(18,19)10-5-3-2-4-8(10)14(16)17/h2-5,9,11-12,15H,6-7H2,1H3/t9-,11?/m0/s1. The molecular weight excluding hydrogens is 286 g/mol. The topological polar surface area (TPSA) is 113 Å². The third-order valence-corrected chi connectivity index (χ3v) is 5.27. The summed E-state index contributed by atoms with van der Waals surface area (Å²) in [6.45, 7) is 0.489.